The van der Waals surface area contributed by atoms with Crippen molar-refractivity contribution >= 4 is 5.97 Å². The molecular weight excluding hydrogens is 236 g/mol. The standard InChI is InChI=1S/C12H14N2O4/c15-11(16)4-8-5-13-14-12(8)7-1-2-9-10(3-7)18-6-17-9/h1-3,8,12-14H,4-6H2,(H,15,16). The van der Waals surface area contributed by atoms with E-state index in [2.05, 4.69) is 10.9 Å². The van der Waals surface area contributed by atoms with Crippen LogP contribution in [0.15, 0.2) is 18.2 Å². The van der Waals surface area contributed by atoms with Crippen LogP contribution in [0.1, 0.15) is 18.0 Å². The number of carboxylic acids is 1. The number of ether oxygens (including phenoxy) is 2. The lowest BCUT2D eigenvalue weighted by Gasteiger charge is -2.17. The molecule has 2 atom stereocenters. The van der Waals surface area contributed by atoms with Gasteiger partial charge >= 0.3 is 5.97 Å². The average Bonchev–Trinajstić information content (AvgIpc) is 2.95. The zero-order valence-electron chi connectivity index (χ0n) is 9.68. The molecule has 3 rings (SSSR count). The van der Waals surface area contributed by atoms with Crippen molar-refractivity contribution in [1.29, 1.82) is 0 Å². The Morgan fingerprint density at radius 2 is 2.22 bits per heavy atom. The smallest absolute Gasteiger partial charge is 0.303 e. The van der Waals surface area contributed by atoms with Crippen LogP contribution in [0.5, 0.6) is 11.5 Å². The van der Waals surface area contributed by atoms with Crippen LogP contribution in [0.3, 0.4) is 0 Å². The number of rotatable bonds is 3. The molecule has 2 aliphatic heterocycles. The van der Waals surface area contributed by atoms with Gasteiger partial charge in [0, 0.05) is 12.5 Å². The maximum atomic E-state index is 10.8. The number of carbonyl (C=O) groups is 1. The summed E-state index contributed by atoms with van der Waals surface area (Å²) in [7, 11) is 0. The Balaban J connectivity index is 1.83. The molecule has 6 heteroatoms. The average molecular weight is 250 g/mol. The highest BCUT2D eigenvalue weighted by Crippen LogP contribution is 2.36. The second-order valence-corrected chi connectivity index (χ2v) is 4.47. The first-order chi connectivity index (χ1) is 8.74. The van der Waals surface area contributed by atoms with Crippen molar-refractivity contribution in [2.75, 3.05) is 13.3 Å². The highest BCUT2D eigenvalue weighted by atomic mass is 16.7. The molecule has 2 heterocycles. The molecule has 0 aromatic heterocycles. The molecule has 1 saturated heterocycles. The van der Waals surface area contributed by atoms with E-state index in [1.807, 2.05) is 18.2 Å². The van der Waals surface area contributed by atoms with Crippen molar-refractivity contribution in [3.63, 3.8) is 0 Å². The Hall–Kier alpha value is -1.79. The number of carboxylic acid groups (broad SMARTS) is 1. The third kappa shape index (κ3) is 2.00. The molecule has 0 aliphatic carbocycles. The van der Waals surface area contributed by atoms with Crippen LogP contribution in [0, 0.1) is 5.92 Å². The summed E-state index contributed by atoms with van der Waals surface area (Å²) < 4.78 is 10.6. The Morgan fingerprint density at radius 3 is 3.06 bits per heavy atom. The van der Waals surface area contributed by atoms with E-state index in [1.165, 1.54) is 0 Å². The van der Waals surface area contributed by atoms with E-state index in [0.29, 0.717) is 6.54 Å². The van der Waals surface area contributed by atoms with Gasteiger partial charge in [0.15, 0.2) is 11.5 Å². The Labute approximate surface area is 104 Å². The van der Waals surface area contributed by atoms with Gasteiger partial charge in [-0.2, -0.15) is 0 Å². The monoisotopic (exact) mass is 250 g/mol. The van der Waals surface area contributed by atoms with Crippen LogP contribution in [-0.4, -0.2) is 24.4 Å². The number of hydrogen-bond acceptors (Lipinski definition) is 5. The number of aliphatic carboxylic acids is 1. The molecular formula is C12H14N2O4. The first-order valence-electron chi connectivity index (χ1n) is 5.84. The largest absolute Gasteiger partial charge is 0.481 e. The third-order valence-electron chi connectivity index (χ3n) is 3.29. The normalized spacial score (nSPS) is 25.3. The Bertz CT molecular complexity index is 477. The first-order valence-corrected chi connectivity index (χ1v) is 5.84. The van der Waals surface area contributed by atoms with Crippen molar-refractivity contribution in [2.24, 2.45) is 5.92 Å². The molecule has 18 heavy (non-hydrogen) atoms. The molecule has 2 aliphatic rings. The fourth-order valence-corrected chi connectivity index (χ4v) is 2.41. The van der Waals surface area contributed by atoms with Crippen LogP contribution < -0.4 is 20.3 Å². The molecule has 1 aromatic rings. The van der Waals surface area contributed by atoms with Crippen molar-refractivity contribution < 1.29 is 19.4 Å². The third-order valence-corrected chi connectivity index (χ3v) is 3.29. The van der Waals surface area contributed by atoms with Crippen LogP contribution >= 0.6 is 0 Å². The van der Waals surface area contributed by atoms with Gasteiger partial charge < -0.3 is 14.6 Å². The van der Waals surface area contributed by atoms with Gasteiger partial charge in [0.25, 0.3) is 0 Å². The van der Waals surface area contributed by atoms with Gasteiger partial charge in [-0.05, 0) is 17.7 Å². The lowest BCUT2D eigenvalue weighted by molar-refractivity contribution is -0.138. The van der Waals surface area contributed by atoms with Gasteiger partial charge in [-0.3, -0.25) is 10.2 Å². The van der Waals surface area contributed by atoms with Crippen molar-refractivity contribution in [3.05, 3.63) is 23.8 Å². The minimum Gasteiger partial charge on any atom is -0.481 e. The molecule has 1 aromatic carbocycles. The first kappa shape index (κ1) is 11.3. The van der Waals surface area contributed by atoms with Crippen molar-refractivity contribution in [2.45, 2.75) is 12.5 Å². The van der Waals surface area contributed by atoms with E-state index in [9.17, 15) is 4.79 Å². The van der Waals surface area contributed by atoms with E-state index in [1.54, 1.807) is 0 Å². The molecule has 0 amide bonds. The molecule has 96 valence electrons. The lowest BCUT2D eigenvalue weighted by atomic mass is 9.92. The second kappa shape index (κ2) is 4.47. The van der Waals surface area contributed by atoms with Gasteiger partial charge in [0.1, 0.15) is 0 Å². The summed E-state index contributed by atoms with van der Waals surface area (Å²) in [6, 6.07) is 5.68. The summed E-state index contributed by atoms with van der Waals surface area (Å²) in [4.78, 5) is 10.8. The Morgan fingerprint density at radius 1 is 1.39 bits per heavy atom. The summed E-state index contributed by atoms with van der Waals surface area (Å²) in [5.41, 5.74) is 7.13. The second-order valence-electron chi connectivity index (χ2n) is 4.47. The summed E-state index contributed by atoms with van der Waals surface area (Å²) in [5, 5.41) is 8.89. The molecule has 2 unspecified atom stereocenters. The van der Waals surface area contributed by atoms with E-state index >= 15 is 0 Å². The summed E-state index contributed by atoms with van der Waals surface area (Å²) in [6.45, 7) is 0.888. The van der Waals surface area contributed by atoms with Crippen LogP contribution in [-0.2, 0) is 4.79 Å². The number of fused-ring (bicyclic) bond motifs is 1. The molecule has 0 saturated carbocycles. The topological polar surface area (TPSA) is 79.8 Å². The van der Waals surface area contributed by atoms with Gasteiger partial charge in [-0.25, -0.2) is 5.43 Å². The van der Waals surface area contributed by atoms with E-state index in [0.717, 1.165) is 17.1 Å². The number of hydrogen-bond donors (Lipinski definition) is 3. The van der Waals surface area contributed by atoms with Gasteiger partial charge in [0.2, 0.25) is 6.79 Å². The molecule has 0 spiro atoms. The Kier molecular flexibility index (Phi) is 2.81. The zero-order valence-corrected chi connectivity index (χ0v) is 9.68. The summed E-state index contributed by atoms with van der Waals surface area (Å²) >= 11 is 0. The van der Waals surface area contributed by atoms with Gasteiger partial charge in [-0.1, -0.05) is 6.07 Å². The molecule has 0 radical (unpaired) electrons. The SMILES string of the molecule is O=C(O)CC1CNNC1c1ccc2c(c1)OCO2. The zero-order chi connectivity index (χ0) is 12.5. The number of hydrazine groups is 1. The minimum atomic E-state index is -0.781. The molecule has 3 N–H and O–H groups in total. The lowest BCUT2D eigenvalue weighted by Crippen LogP contribution is -2.25. The summed E-state index contributed by atoms with van der Waals surface area (Å²) in [6.07, 6.45) is 0.138. The molecule has 6 nitrogen and oxygen atoms in total. The highest BCUT2D eigenvalue weighted by Gasteiger charge is 2.31. The fraction of sp³-hybridized carbons (Fsp3) is 0.417. The maximum absolute atomic E-state index is 10.8. The van der Waals surface area contributed by atoms with Gasteiger partial charge in [0.05, 0.1) is 12.5 Å². The van der Waals surface area contributed by atoms with Crippen LogP contribution in [0.2, 0.25) is 0 Å². The number of benzene rings is 1. The summed E-state index contributed by atoms with van der Waals surface area (Å²) in [5.74, 6) is 0.703. The maximum Gasteiger partial charge on any atom is 0.303 e. The minimum absolute atomic E-state index is 0.0180. The van der Waals surface area contributed by atoms with E-state index in [4.69, 9.17) is 14.6 Å². The van der Waals surface area contributed by atoms with Crippen molar-refractivity contribution in [3.8, 4) is 11.5 Å². The highest BCUT2D eigenvalue weighted by molar-refractivity contribution is 5.67. The molecule has 1 fully saturated rings. The fourth-order valence-electron chi connectivity index (χ4n) is 2.41. The van der Waals surface area contributed by atoms with Crippen LogP contribution in [0.25, 0.3) is 0 Å². The number of nitrogens with one attached hydrogen (secondary N) is 2. The van der Waals surface area contributed by atoms with Gasteiger partial charge in [-0.15, -0.1) is 0 Å². The predicted octanol–water partition coefficient (Wildman–Crippen LogP) is 0.655. The molecule has 0 bridgehead atoms. The predicted molar refractivity (Wildman–Crippen MR) is 62.2 cm³/mol. The quantitative estimate of drug-likeness (QED) is 0.731. The van der Waals surface area contributed by atoms with E-state index in [-0.39, 0.29) is 25.2 Å². The van der Waals surface area contributed by atoms with Crippen LogP contribution in [0.4, 0.5) is 0 Å². The van der Waals surface area contributed by atoms with Crippen molar-refractivity contribution in [1.82, 2.24) is 10.9 Å². The van der Waals surface area contributed by atoms with E-state index < -0.39 is 5.97 Å².